The van der Waals surface area contributed by atoms with Crippen LogP contribution in [0.1, 0.15) is 10.5 Å². The van der Waals surface area contributed by atoms with Gasteiger partial charge in [-0.25, -0.2) is 9.78 Å². The first-order valence-electron chi connectivity index (χ1n) is 3.84. The number of carboxylic acids is 1. The second-order valence-corrected chi connectivity index (χ2v) is 2.51. The van der Waals surface area contributed by atoms with Gasteiger partial charge in [0.05, 0.1) is 6.20 Å². The Morgan fingerprint density at radius 1 is 1.43 bits per heavy atom. The first-order chi connectivity index (χ1) is 6.77. The van der Waals surface area contributed by atoms with E-state index in [4.69, 9.17) is 5.11 Å². The van der Waals surface area contributed by atoms with E-state index in [2.05, 4.69) is 15.2 Å². The van der Waals surface area contributed by atoms with Crippen LogP contribution in [-0.2, 0) is 0 Å². The summed E-state index contributed by atoms with van der Waals surface area (Å²) in [5.74, 6) is -0.618. The van der Waals surface area contributed by atoms with Gasteiger partial charge in [0.2, 0.25) is 0 Å². The van der Waals surface area contributed by atoms with E-state index < -0.39 is 5.97 Å². The van der Waals surface area contributed by atoms with Gasteiger partial charge in [0, 0.05) is 6.20 Å². The van der Waals surface area contributed by atoms with Crippen LogP contribution < -0.4 is 0 Å². The molecule has 0 saturated carbocycles. The number of hydrogen-bond acceptors (Lipinski definition) is 4. The fourth-order valence-electron chi connectivity index (χ4n) is 0.943. The highest BCUT2D eigenvalue weighted by atomic mass is 16.4. The summed E-state index contributed by atoms with van der Waals surface area (Å²) in [6.45, 7) is 0. The Labute approximate surface area is 78.8 Å². The maximum Gasteiger partial charge on any atom is 0.358 e. The van der Waals surface area contributed by atoms with Crippen LogP contribution in [0.5, 0.6) is 0 Å². The van der Waals surface area contributed by atoms with Crippen molar-refractivity contribution < 1.29 is 9.90 Å². The molecule has 0 aliphatic heterocycles. The van der Waals surface area contributed by atoms with Crippen LogP contribution in [0.25, 0.3) is 5.82 Å². The summed E-state index contributed by atoms with van der Waals surface area (Å²) >= 11 is 0. The molecule has 0 atom stereocenters. The lowest BCUT2D eigenvalue weighted by molar-refractivity contribution is 0.0690. The molecular weight excluding hydrogens is 184 g/mol. The van der Waals surface area contributed by atoms with Crippen LogP contribution in [0.4, 0.5) is 0 Å². The minimum atomic E-state index is -1.10. The molecule has 0 aliphatic rings. The van der Waals surface area contributed by atoms with E-state index in [0.29, 0.717) is 5.82 Å². The molecule has 2 rings (SSSR count). The van der Waals surface area contributed by atoms with Crippen LogP contribution in [0.2, 0.25) is 0 Å². The van der Waals surface area contributed by atoms with Gasteiger partial charge in [0.15, 0.2) is 11.5 Å². The van der Waals surface area contributed by atoms with Crippen molar-refractivity contribution in [2.75, 3.05) is 0 Å². The van der Waals surface area contributed by atoms with Crippen molar-refractivity contribution in [3.05, 3.63) is 36.3 Å². The molecular formula is C8H6N4O2. The van der Waals surface area contributed by atoms with Crippen LogP contribution in [0.15, 0.2) is 30.6 Å². The molecule has 0 spiro atoms. The van der Waals surface area contributed by atoms with E-state index in [-0.39, 0.29) is 5.69 Å². The molecule has 6 nitrogen and oxygen atoms in total. The fraction of sp³-hybridized carbons (Fsp3) is 0. The summed E-state index contributed by atoms with van der Waals surface area (Å²) in [4.78, 5) is 15.6. The zero-order chi connectivity index (χ0) is 9.97. The first-order valence-corrected chi connectivity index (χ1v) is 3.84. The number of hydrogen-bond donors (Lipinski definition) is 1. The van der Waals surface area contributed by atoms with Crippen molar-refractivity contribution in [3.63, 3.8) is 0 Å². The second-order valence-electron chi connectivity index (χ2n) is 2.51. The summed E-state index contributed by atoms with van der Waals surface area (Å²) < 4.78 is 0. The smallest absolute Gasteiger partial charge is 0.358 e. The molecule has 0 radical (unpaired) electrons. The maximum atomic E-state index is 10.5. The molecule has 2 aromatic heterocycles. The predicted octanol–water partition coefficient (Wildman–Crippen LogP) is 0.360. The lowest BCUT2D eigenvalue weighted by Crippen LogP contribution is -2.03. The van der Waals surface area contributed by atoms with Crippen molar-refractivity contribution in [1.82, 2.24) is 20.0 Å². The van der Waals surface area contributed by atoms with Crippen LogP contribution in [0, 0.1) is 0 Å². The van der Waals surface area contributed by atoms with Crippen molar-refractivity contribution in [3.8, 4) is 5.82 Å². The summed E-state index contributed by atoms with van der Waals surface area (Å²) in [6, 6.07) is 5.21. The Kier molecular flexibility index (Phi) is 1.94. The number of pyridine rings is 1. The molecule has 6 heteroatoms. The third-order valence-electron chi connectivity index (χ3n) is 1.57. The number of carbonyl (C=O) groups is 1. The molecule has 2 aromatic rings. The largest absolute Gasteiger partial charge is 0.476 e. The van der Waals surface area contributed by atoms with Gasteiger partial charge in [-0.2, -0.15) is 5.10 Å². The third-order valence-corrected chi connectivity index (χ3v) is 1.57. The molecule has 0 amide bonds. The van der Waals surface area contributed by atoms with Gasteiger partial charge in [-0.3, -0.25) is 0 Å². The Bertz CT molecular complexity index is 451. The molecule has 70 valence electrons. The highest BCUT2D eigenvalue weighted by Gasteiger charge is 2.08. The molecule has 2 heterocycles. The van der Waals surface area contributed by atoms with Crippen molar-refractivity contribution >= 4 is 5.97 Å². The van der Waals surface area contributed by atoms with Gasteiger partial charge in [-0.1, -0.05) is 6.07 Å². The van der Waals surface area contributed by atoms with E-state index in [1.165, 1.54) is 11.0 Å². The minimum Gasteiger partial charge on any atom is -0.476 e. The molecule has 0 saturated heterocycles. The van der Waals surface area contributed by atoms with Crippen LogP contribution in [0.3, 0.4) is 0 Å². The number of carboxylic acid groups (broad SMARTS) is 1. The lowest BCUT2D eigenvalue weighted by atomic mass is 10.5. The van der Waals surface area contributed by atoms with Crippen molar-refractivity contribution in [2.24, 2.45) is 0 Å². The predicted molar refractivity (Wildman–Crippen MR) is 46.1 cm³/mol. The summed E-state index contributed by atoms with van der Waals surface area (Å²) in [5.41, 5.74) is -0.101. The third kappa shape index (κ3) is 1.45. The summed E-state index contributed by atoms with van der Waals surface area (Å²) in [7, 11) is 0. The molecule has 1 N–H and O–H groups in total. The Morgan fingerprint density at radius 3 is 2.86 bits per heavy atom. The van der Waals surface area contributed by atoms with Gasteiger partial charge in [-0.15, -0.1) is 9.90 Å². The van der Waals surface area contributed by atoms with Gasteiger partial charge < -0.3 is 5.11 Å². The zero-order valence-electron chi connectivity index (χ0n) is 7.03. The minimum absolute atomic E-state index is 0.101. The SMILES string of the molecule is O=C(O)c1cnn(-c2ccccn2)n1. The Hall–Kier alpha value is -2.24. The molecule has 0 aromatic carbocycles. The van der Waals surface area contributed by atoms with Crippen molar-refractivity contribution in [2.45, 2.75) is 0 Å². The topological polar surface area (TPSA) is 80.9 Å². The average molecular weight is 190 g/mol. The highest BCUT2D eigenvalue weighted by Crippen LogP contribution is 2.00. The van der Waals surface area contributed by atoms with Gasteiger partial charge >= 0.3 is 5.97 Å². The van der Waals surface area contributed by atoms with Gasteiger partial charge in [0.25, 0.3) is 0 Å². The Morgan fingerprint density at radius 2 is 2.29 bits per heavy atom. The van der Waals surface area contributed by atoms with Gasteiger partial charge in [0.1, 0.15) is 0 Å². The van der Waals surface area contributed by atoms with E-state index in [1.54, 1.807) is 24.4 Å². The summed E-state index contributed by atoms with van der Waals surface area (Å²) in [6.07, 6.45) is 2.76. The van der Waals surface area contributed by atoms with E-state index in [0.717, 1.165) is 0 Å². The molecule has 0 aliphatic carbocycles. The molecule has 0 unspecified atom stereocenters. The summed E-state index contributed by atoms with van der Waals surface area (Å²) in [5, 5.41) is 16.1. The normalized spacial score (nSPS) is 10.0. The quantitative estimate of drug-likeness (QED) is 0.739. The average Bonchev–Trinajstić information content (AvgIpc) is 2.68. The van der Waals surface area contributed by atoms with E-state index in [9.17, 15) is 4.79 Å². The van der Waals surface area contributed by atoms with Crippen molar-refractivity contribution in [1.29, 1.82) is 0 Å². The highest BCUT2D eigenvalue weighted by molar-refractivity contribution is 5.84. The molecule has 0 fully saturated rings. The van der Waals surface area contributed by atoms with Crippen LogP contribution >= 0.6 is 0 Å². The Balaban J connectivity index is 2.39. The number of aromatic carboxylic acids is 1. The fourth-order valence-corrected chi connectivity index (χ4v) is 0.943. The van der Waals surface area contributed by atoms with Crippen LogP contribution in [-0.4, -0.2) is 31.1 Å². The van der Waals surface area contributed by atoms with E-state index in [1.807, 2.05) is 0 Å². The molecule has 0 bridgehead atoms. The lowest BCUT2D eigenvalue weighted by Gasteiger charge is -1.94. The number of rotatable bonds is 2. The number of aromatic nitrogens is 4. The number of nitrogens with zero attached hydrogens (tertiary/aromatic N) is 4. The van der Waals surface area contributed by atoms with E-state index >= 15 is 0 Å². The monoisotopic (exact) mass is 190 g/mol. The zero-order valence-corrected chi connectivity index (χ0v) is 7.03. The second kappa shape index (κ2) is 3.25. The molecule has 14 heavy (non-hydrogen) atoms. The maximum absolute atomic E-state index is 10.5. The standard InChI is InChI=1S/C8H6N4O2/c13-8(14)6-5-10-12(11-6)7-3-1-2-4-9-7/h1-5H,(H,13,14). The van der Waals surface area contributed by atoms with Gasteiger partial charge in [-0.05, 0) is 12.1 Å². The first kappa shape index (κ1) is 8.36.